The Hall–Kier alpha value is -2.67. The maximum absolute atomic E-state index is 12.4. The van der Waals surface area contributed by atoms with Gasteiger partial charge in [0.15, 0.2) is 0 Å². The Balaban J connectivity index is 1.69. The van der Waals surface area contributed by atoms with Gasteiger partial charge < -0.3 is 9.88 Å². The third kappa shape index (κ3) is 3.88. The molecule has 1 aliphatic rings. The number of hydrogen-bond donors (Lipinski definition) is 1. The number of aromatic nitrogens is 1. The van der Waals surface area contributed by atoms with Gasteiger partial charge in [-0.3, -0.25) is 19.8 Å². The van der Waals surface area contributed by atoms with Crippen LogP contribution >= 0.6 is 0 Å². The summed E-state index contributed by atoms with van der Waals surface area (Å²) in [5, 5.41) is 13.7. The van der Waals surface area contributed by atoms with E-state index < -0.39 is 4.92 Å². The Morgan fingerprint density at radius 3 is 2.48 bits per heavy atom. The van der Waals surface area contributed by atoms with E-state index >= 15 is 0 Å². The first-order valence-electron chi connectivity index (χ1n) is 8.44. The monoisotopic (exact) mass is 342 g/mol. The topological polar surface area (TPSA) is 80.4 Å². The third-order valence-electron chi connectivity index (χ3n) is 4.70. The van der Waals surface area contributed by atoms with Gasteiger partial charge in [-0.1, -0.05) is 0 Å². The van der Waals surface area contributed by atoms with Crippen LogP contribution in [-0.2, 0) is 7.05 Å². The van der Waals surface area contributed by atoms with Gasteiger partial charge in [0.25, 0.3) is 11.6 Å². The number of non-ortho nitro benzene ring substituents is 1. The van der Waals surface area contributed by atoms with Crippen molar-refractivity contribution >= 4 is 11.6 Å². The first-order chi connectivity index (χ1) is 12.1. The summed E-state index contributed by atoms with van der Waals surface area (Å²) in [6.45, 7) is 2.57. The van der Waals surface area contributed by atoms with Crippen LogP contribution in [0.4, 0.5) is 5.69 Å². The number of benzene rings is 1. The zero-order valence-electron chi connectivity index (χ0n) is 14.2. The van der Waals surface area contributed by atoms with E-state index in [1.807, 2.05) is 19.3 Å². The molecule has 0 spiro atoms. The van der Waals surface area contributed by atoms with Gasteiger partial charge in [0, 0.05) is 43.2 Å². The van der Waals surface area contributed by atoms with Crippen LogP contribution in [-0.4, -0.2) is 39.9 Å². The molecule has 1 saturated heterocycles. The summed E-state index contributed by atoms with van der Waals surface area (Å²) in [6.07, 6.45) is 4.37. The minimum Gasteiger partial charge on any atom is -0.353 e. The van der Waals surface area contributed by atoms with Crippen LogP contribution < -0.4 is 5.32 Å². The van der Waals surface area contributed by atoms with Gasteiger partial charge in [-0.25, -0.2) is 0 Å². The molecule has 2 heterocycles. The summed E-state index contributed by atoms with van der Waals surface area (Å²) in [7, 11) is 2.01. The highest BCUT2D eigenvalue weighted by Crippen LogP contribution is 2.24. The predicted molar refractivity (Wildman–Crippen MR) is 94.4 cm³/mol. The maximum Gasteiger partial charge on any atom is 0.269 e. The number of amides is 1. The van der Waals surface area contributed by atoms with Crippen LogP contribution in [0.25, 0.3) is 0 Å². The van der Waals surface area contributed by atoms with E-state index in [4.69, 9.17) is 0 Å². The maximum atomic E-state index is 12.4. The lowest BCUT2D eigenvalue weighted by Crippen LogP contribution is -2.37. The highest BCUT2D eigenvalue weighted by Gasteiger charge is 2.25. The van der Waals surface area contributed by atoms with Gasteiger partial charge in [-0.15, -0.1) is 0 Å². The summed E-state index contributed by atoms with van der Waals surface area (Å²) in [5.74, 6) is -0.215. The van der Waals surface area contributed by atoms with Crippen molar-refractivity contribution in [1.82, 2.24) is 14.8 Å². The van der Waals surface area contributed by atoms with Gasteiger partial charge in [0.05, 0.1) is 11.0 Å². The molecule has 1 N–H and O–H groups in total. The quantitative estimate of drug-likeness (QED) is 0.646. The Bertz CT molecular complexity index is 748. The third-order valence-corrected chi connectivity index (χ3v) is 4.70. The number of likely N-dealkylation sites (tertiary alicyclic amines) is 1. The van der Waals surface area contributed by atoms with E-state index in [2.05, 4.69) is 20.9 Å². The fourth-order valence-corrected chi connectivity index (χ4v) is 3.32. The number of nitro benzene ring substituents is 1. The smallest absolute Gasteiger partial charge is 0.269 e. The highest BCUT2D eigenvalue weighted by molar-refractivity contribution is 5.94. The molecule has 1 atom stereocenters. The SMILES string of the molecule is Cn1cccc1C(CNC(=O)c1ccc([N+](=O)[O-])cc1)N1CCCC1. The summed E-state index contributed by atoms with van der Waals surface area (Å²) in [6, 6.07) is 9.90. The van der Waals surface area contributed by atoms with Gasteiger partial charge >= 0.3 is 0 Å². The van der Waals surface area contributed by atoms with Crippen LogP contribution in [0.3, 0.4) is 0 Å². The molecule has 25 heavy (non-hydrogen) atoms. The van der Waals surface area contributed by atoms with Gasteiger partial charge in [0.2, 0.25) is 0 Å². The first kappa shape index (κ1) is 17.2. The molecule has 1 amide bonds. The van der Waals surface area contributed by atoms with Crippen molar-refractivity contribution in [3.63, 3.8) is 0 Å². The summed E-state index contributed by atoms with van der Waals surface area (Å²) >= 11 is 0. The standard InChI is InChI=1S/C18H22N4O3/c1-20-10-4-5-16(20)17(21-11-2-3-12-21)13-19-18(23)14-6-8-15(9-7-14)22(24)25/h4-10,17H,2-3,11-13H2,1H3,(H,19,23). The Kier molecular flexibility index (Phi) is 5.14. The summed E-state index contributed by atoms with van der Waals surface area (Å²) in [4.78, 5) is 25.0. The van der Waals surface area contributed by atoms with Gasteiger partial charge in [0.1, 0.15) is 0 Å². The van der Waals surface area contributed by atoms with E-state index in [-0.39, 0.29) is 17.6 Å². The predicted octanol–water partition coefficient (Wildman–Crippen LogP) is 2.50. The highest BCUT2D eigenvalue weighted by atomic mass is 16.6. The lowest BCUT2D eigenvalue weighted by atomic mass is 10.1. The summed E-state index contributed by atoms with van der Waals surface area (Å²) in [5.41, 5.74) is 1.58. The van der Waals surface area contributed by atoms with Crippen molar-refractivity contribution in [3.05, 3.63) is 64.0 Å². The molecular weight excluding hydrogens is 320 g/mol. The zero-order chi connectivity index (χ0) is 17.8. The average molecular weight is 342 g/mol. The Labute approximate surface area is 146 Å². The molecule has 0 bridgehead atoms. The molecule has 132 valence electrons. The van der Waals surface area contributed by atoms with Gasteiger partial charge in [-0.05, 0) is 50.2 Å². The molecule has 1 aliphatic heterocycles. The second-order valence-corrected chi connectivity index (χ2v) is 6.32. The molecule has 3 rings (SSSR count). The number of carbonyl (C=O) groups excluding carboxylic acids is 1. The molecule has 7 heteroatoms. The lowest BCUT2D eigenvalue weighted by molar-refractivity contribution is -0.384. The van der Waals surface area contributed by atoms with Crippen molar-refractivity contribution in [1.29, 1.82) is 0 Å². The minimum atomic E-state index is -0.472. The normalized spacial score (nSPS) is 15.9. The van der Waals surface area contributed by atoms with Crippen molar-refractivity contribution in [3.8, 4) is 0 Å². The van der Waals surface area contributed by atoms with Crippen molar-refractivity contribution < 1.29 is 9.72 Å². The molecule has 0 radical (unpaired) electrons. The molecule has 1 unspecified atom stereocenters. The number of aryl methyl sites for hydroxylation is 1. The molecule has 1 aromatic carbocycles. The fraction of sp³-hybridized carbons (Fsp3) is 0.389. The number of carbonyl (C=O) groups is 1. The molecule has 2 aromatic rings. The molecule has 0 aliphatic carbocycles. The number of hydrogen-bond acceptors (Lipinski definition) is 4. The minimum absolute atomic E-state index is 0.0182. The van der Waals surface area contributed by atoms with Crippen molar-refractivity contribution in [2.45, 2.75) is 18.9 Å². The summed E-state index contributed by atoms with van der Waals surface area (Å²) < 4.78 is 2.08. The number of nitro groups is 1. The molecule has 0 saturated carbocycles. The number of nitrogens with zero attached hydrogens (tertiary/aromatic N) is 3. The van der Waals surface area contributed by atoms with E-state index in [9.17, 15) is 14.9 Å². The lowest BCUT2D eigenvalue weighted by Gasteiger charge is -2.28. The molecule has 7 nitrogen and oxygen atoms in total. The number of rotatable bonds is 6. The average Bonchev–Trinajstić information content (AvgIpc) is 3.28. The Morgan fingerprint density at radius 1 is 1.24 bits per heavy atom. The van der Waals surface area contributed by atoms with E-state index in [0.717, 1.165) is 13.1 Å². The Morgan fingerprint density at radius 2 is 1.92 bits per heavy atom. The largest absolute Gasteiger partial charge is 0.353 e. The van der Waals surface area contributed by atoms with Crippen LogP contribution in [0.5, 0.6) is 0 Å². The number of nitrogens with one attached hydrogen (secondary N) is 1. The van der Waals surface area contributed by atoms with E-state index in [1.54, 1.807) is 0 Å². The second-order valence-electron chi connectivity index (χ2n) is 6.32. The molecular formula is C18H22N4O3. The molecule has 1 aromatic heterocycles. The van der Waals surface area contributed by atoms with Crippen molar-refractivity contribution in [2.75, 3.05) is 19.6 Å². The fourth-order valence-electron chi connectivity index (χ4n) is 3.32. The van der Waals surface area contributed by atoms with E-state index in [1.165, 1.54) is 42.8 Å². The second kappa shape index (κ2) is 7.48. The van der Waals surface area contributed by atoms with Crippen molar-refractivity contribution in [2.24, 2.45) is 7.05 Å². The van der Waals surface area contributed by atoms with Crippen LogP contribution in [0.1, 0.15) is 34.9 Å². The van der Waals surface area contributed by atoms with Gasteiger partial charge in [-0.2, -0.15) is 0 Å². The molecule has 1 fully saturated rings. The van der Waals surface area contributed by atoms with Crippen LogP contribution in [0, 0.1) is 10.1 Å². The zero-order valence-corrected chi connectivity index (χ0v) is 14.2. The first-order valence-corrected chi connectivity index (χ1v) is 8.44. The van der Waals surface area contributed by atoms with Crippen LogP contribution in [0.15, 0.2) is 42.6 Å². The van der Waals surface area contributed by atoms with E-state index in [0.29, 0.717) is 12.1 Å². The van der Waals surface area contributed by atoms with Crippen LogP contribution in [0.2, 0.25) is 0 Å².